The molecular weight excluding hydrogens is 226 g/mol. The van der Waals surface area contributed by atoms with E-state index in [4.69, 9.17) is 5.73 Å². The van der Waals surface area contributed by atoms with E-state index in [1.165, 1.54) is 0 Å². The Kier molecular flexibility index (Phi) is 2.53. The van der Waals surface area contributed by atoms with Gasteiger partial charge in [-0.3, -0.25) is 9.67 Å². The SMILES string of the molecule is Cn1nncc1C(N)c1nccc2ccccc12. The van der Waals surface area contributed by atoms with Crippen molar-refractivity contribution < 1.29 is 0 Å². The molecule has 3 rings (SSSR count). The highest BCUT2D eigenvalue weighted by molar-refractivity contribution is 5.84. The predicted octanol–water partition coefficient (Wildman–Crippen LogP) is 1.41. The maximum absolute atomic E-state index is 6.26. The minimum atomic E-state index is -0.323. The molecule has 0 saturated carbocycles. The first-order chi connectivity index (χ1) is 8.77. The van der Waals surface area contributed by atoms with Gasteiger partial charge >= 0.3 is 0 Å². The summed E-state index contributed by atoms with van der Waals surface area (Å²) in [7, 11) is 1.83. The van der Waals surface area contributed by atoms with Crippen LogP contribution in [-0.4, -0.2) is 20.0 Å². The van der Waals surface area contributed by atoms with Crippen molar-refractivity contribution in [3.8, 4) is 0 Å². The third-order valence-electron chi connectivity index (χ3n) is 3.07. The van der Waals surface area contributed by atoms with Crippen LogP contribution in [0, 0.1) is 0 Å². The Hall–Kier alpha value is -2.27. The van der Waals surface area contributed by atoms with E-state index in [0.717, 1.165) is 22.2 Å². The second-order valence-corrected chi connectivity index (χ2v) is 4.18. The van der Waals surface area contributed by atoms with E-state index >= 15 is 0 Å². The van der Waals surface area contributed by atoms with Gasteiger partial charge in [-0.05, 0) is 11.5 Å². The van der Waals surface area contributed by atoms with Crippen LogP contribution in [0.5, 0.6) is 0 Å². The molecule has 2 aromatic heterocycles. The molecule has 0 bridgehead atoms. The zero-order valence-electron chi connectivity index (χ0n) is 9.99. The molecule has 0 aliphatic heterocycles. The van der Waals surface area contributed by atoms with Crippen molar-refractivity contribution in [2.45, 2.75) is 6.04 Å². The van der Waals surface area contributed by atoms with Gasteiger partial charge in [0.25, 0.3) is 0 Å². The van der Waals surface area contributed by atoms with Gasteiger partial charge in [0.15, 0.2) is 0 Å². The molecule has 2 N–H and O–H groups in total. The molecule has 0 fully saturated rings. The van der Waals surface area contributed by atoms with Crippen LogP contribution in [0.25, 0.3) is 10.8 Å². The minimum Gasteiger partial charge on any atom is -0.318 e. The zero-order valence-corrected chi connectivity index (χ0v) is 9.99. The Morgan fingerprint density at radius 2 is 2.06 bits per heavy atom. The summed E-state index contributed by atoms with van der Waals surface area (Å²) in [4.78, 5) is 4.41. The number of aromatic nitrogens is 4. The molecule has 3 aromatic rings. The monoisotopic (exact) mass is 239 g/mol. The fourth-order valence-corrected chi connectivity index (χ4v) is 2.11. The Labute approximate surface area is 104 Å². The number of nitrogens with two attached hydrogens (primary N) is 1. The molecule has 1 aromatic carbocycles. The van der Waals surface area contributed by atoms with Gasteiger partial charge in [-0.1, -0.05) is 29.5 Å². The number of rotatable bonds is 2. The first-order valence-electron chi connectivity index (χ1n) is 5.71. The van der Waals surface area contributed by atoms with Gasteiger partial charge in [0.1, 0.15) is 0 Å². The molecule has 1 unspecified atom stereocenters. The molecule has 0 radical (unpaired) electrons. The van der Waals surface area contributed by atoms with Crippen LogP contribution in [0.15, 0.2) is 42.7 Å². The van der Waals surface area contributed by atoms with Gasteiger partial charge in [0, 0.05) is 18.6 Å². The van der Waals surface area contributed by atoms with E-state index in [1.54, 1.807) is 17.1 Å². The number of hydrogen-bond acceptors (Lipinski definition) is 4. The average molecular weight is 239 g/mol. The van der Waals surface area contributed by atoms with E-state index in [1.807, 2.05) is 31.3 Å². The fraction of sp³-hybridized carbons (Fsp3) is 0.154. The summed E-state index contributed by atoms with van der Waals surface area (Å²) in [6.45, 7) is 0. The third-order valence-corrected chi connectivity index (χ3v) is 3.07. The average Bonchev–Trinajstić information content (AvgIpc) is 2.83. The van der Waals surface area contributed by atoms with E-state index in [2.05, 4.69) is 21.4 Å². The Balaban J connectivity index is 2.18. The highest BCUT2D eigenvalue weighted by Gasteiger charge is 2.16. The fourth-order valence-electron chi connectivity index (χ4n) is 2.11. The topological polar surface area (TPSA) is 69.6 Å². The van der Waals surface area contributed by atoms with Crippen molar-refractivity contribution in [2.24, 2.45) is 12.8 Å². The van der Waals surface area contributed by atoms with Gasteiger partial charge in [0.05, 0.1) is 23.6 Å². The summed E-state index contributed by atoms with van der Waals surface area (Å²) in [5.41, 5.74) is 7.96. The molecule has 18 heavy (non-hydrogen) atoms. The second kappa shape index (κ2) is 4.19. The molecule has 0 aliphatic carbocycles. The quantitative estimate of drug-likeness (QED) is 0.734. The van der Waals surface area contributed by atoms with Crippen molar-refractivity contribution >= 4 is 10.8 Å². The smallest absolute Gasteiger partial charge is 0.0919 e. The molecule has 5 nitrogen and oxygen atoms in total. The first kappa shape index (κ1) is 10.9. The zero-order chi connectivity index (χ0) is 12.5. The molecular formula is C13H13N5. The van der Waals surface area contributed by atoms with E-state index < -0.39 is 0 Å². The van der Waals surface area contributed by atoms with Crippen LogP contribution >= 0.6 is 0 Å². The number of fused-ring (bicyclic) bond motifs is 1. The van der Waals surface area contributed by atoms with Crippen LogP contribution in [0.2, 0.25) is 0 Å². The van der Waals surface area contributed by atoms with Gasteiger partial charge < -0.3 is 5.73 Å². The molecule has 5 heteroatoms. The highest BCUT2D eigenvalue weighted by atomic mass is 15.4. The third kappa shape index (κ3) is 1.65. The molecule has 0 saturated heterocycles. The number of pyridine rings is 1. The summed E-state index contributed by atoms with van der Waals surface area (Å²) in [5, 5.41) is 9.95. The molecule has 2 heterocycles. The summed E-state index contributed by atoms with van der Waals surface area (Å²) < 4.78 is 1.67. The standard InChI is InChI=1S/C13H13N5/c1-18-11(8-16-17-18)12(14)13-10-5-3-2-4-9(10)6-7-15-13/h2-8,12H,14H2,1H3. The van der Waals surface area contributed by atoms with Gasteiger partial charge in [-0.2, -0.15) is 0 Å². The summed E-state index contributed by atoms with van der Waals surface area (Å²) >= 11 is 0. The number of aryl methyl sites for hydroxylation is 1. The second-order valence-electron chi connectivity index (χ2n) is 4.18. The lowest BCUT2D eigenvalue weighted by molar-refractivity contribution is 0.646. The summed E-state index contributed by atoms with van der Waals surface area (Å²) in [6.07, 6.45) is 3.45. The van der Waals surface area contributed by atoms with Crippen LogP contribution in [0.1, 0.15) is 17.4 Å². The number of hydrogen-bond donors (Lipinski definition) is 1. The Bertz CT molecular complexity index is 683. The first-order valence-corrected chi connectivity index (χ1v) is 5.71. The molecule has 1 atom stereocenters. The van der Waals surface area contributed by atoms with Crippen molar-refractivity contribution in [2.75, 3.05) is 0 Å². The predicted molar refractivity (Wildman–Crippen MR) is 68.8 cm³/mol. The Morgan fingerprint density at radius 1 is 1.22 bits per heavy atom. The molecule has 0 spiro atoms. The van der Waals surface area contributed by atoms with E-state index in [0.29, 0.717) is 0 Å². The normalized spacial score (nSPS) is 12.8. The lowest BCUT2D eigenvalue weighted by atomic mass is 10.0. The van der Waals surface area contributed by atoms with Crippen LogP contribution < -0.4 is 5.73 Å². The molecule has 0 aliphatic rings. The highest BCUT2D eigenvalue weighted by Crippen LogP contribution is 2.24. The molecule has 0 amide bonds. The minimum absolute atomic E-state index is 0.323. The van der Waals surface area contributed by atoms with Crippen molar-refractivity contribution in [3.05, 3.63) is 54.1 Å². The lowest BCUT2D eigenvalue weighted by Crippen LogP contribution is -2.17. The van der Waals surface area contributed by atoms with Gasteiger partial charge in [0.2, 0.25) is 0 Å². The van der Waals surface area contributed by atoms with Gasteiger partial charge in [-0.15, -0.1) is 5.10 Å². The van der Waals surface area contributed by atoms with E-state index in [-0.39, 0.29) is 6.04 Å². The number of benzene rings is 1. The van der Waals surface area contributed by atoms with Crippen molar-refractivity contribution in [1.29, 1.82) is 0 Å². The maximum Gasteiger partial charge on any atom is 0.0919 e. The lowest BCUT2D eigenvalue weighted by Gasteiger charge is -2.13. The Morgan fingerprint density at radius 3 is 2.83 bits per heavy atom. The van der Waals surface area contributed by atoms with Crippen LogP contribution in [0.4, 0.5) is 0 Å². The van der Waals surface area contributed by atoms with Gasteiger partial charge in [-0.25, -0.2) is 0 Å². The largest absolute Gasteiger partial charge is 0.318 e. The van der Waals surface area contributed by atoms with Crippen molar-refractivity contribution in [3.63, 3.8) is 0 Å². The van der Waals surface area contributed by atoms with E-state index in [9.17, 15) is 0 Å². The van der Waals surface area contributed by atoms with Crippen LogP contribution in [0.3, 0.4) is 0 Å². The van der Waals surface area contributed by atoms with Crippen molar-refractivity contribution in [1.82, 2.24) is 20.0 Å². The van der Waals surface area contributed by atoms with Crippen LogP contribution in [-0.2, 0) is 7.05 Å². The molecule has 90 valence electrons. The summed E-state index contributed by atoms with van der Waals surface area (Å²) in [5.74, 6) is 0. The maximum atomic E-state index is 6.26. The number of nitrogens with zero attached hydrogens (tertiary/aromatic N) is 4. The summed E-state index contributed by atoms with van der Waals surface area (Å²) in [6, 6.07) is 9.73.